The fraction of sp³-hybridized carbons (Fsp3) is 0.938. The average molecular weight is 338 g/mol. The van der Waals surface area contributed by atoms with Gasteiger partial charge in [-0.3, -0.25) is 4.79 Å². The molecule has 0 aromatic rings. The molecule has 0 saturated carbocycles. The van der Waals surface area contributed by atoms with Gasteiger partial charge in [0.1, 0.15) is 5.56 Å². The van der Waals surface area contributed by atoms with Crippen LogP contribution in [-0.4, -0.2) is 41.0 Å². The molecule has 0 aliphatic carbocycles. The van der Waals surface area contributed by atoms with Crippen molar-refractivity contribution in [3.8, 4) is 0 Å². The van der Waals surface area contributed by atoms with E-state index < -0.39 is 11.1 Å². The highest BCUT2D eigenvalue weighted by Gasteiger charge is 2.30. The van der Waals surface area contributed by atoms with Gasteiger partial charge in [-0.15, -0.1) is 0 Å². The molecule has 0 saturated heterocycles. The van der Waals surface area contributed by atoms with E-state index in [1.54, 1.807) is 0 Å². The van der Waals surface area contributed by atoms with Crippen LogP contribution in [0.2, 0.25) is 0 Å². The molecule has 2 atom stereocenters. The van der Waals surface area contributed by atoms with Gasteiger partial charge in [0.05, 0.1) is 19.3 Å². The third-order valence-electron chi connectivity index (χ3n) is 4.02. The number of alkyl halides is 1. The molecule has 0 aliphatic rings. The van der Waals surface area contributed by atoms with Crippen LogP contribution in [-0.2, 0) is 9.53 Å². The standard InChI is InChI=1S/C16H32ClNO4/c1-22-14(20)11-9-7-5-3-2-4-6-8-10-12-16(18,13-19)15(17)21/h15,19,21H,2-13,18H2,1H3. The number of hydrogen-bond acceptors (Lipinski definition) is 5. The molecule has 0 aliphatic heterocycles. The van der Waals surface area contributed by atoms with Crippen LogP contribution in [0.3, 0.4) is 0 Å². The number of carbonyl (C=O) groups is 1. The van der Waals surface area contributed by atoms with Crippen LogP contribution in [0.5, 0.6) is 0 Å². The van der Waals surface area contributed by atoms with Crippen molar-refractivity contribution in [2.45, 2.75) is 81.7 Å². The minimum absolute atomic E-state index is 0.124. The van der Waals surface area contributed by atoms with Gasteiger partial charge in [0.15, 0.2) is 0 Å². The van der Waals surface area contributed by atoms with Gasteiger partial charge >= 0.3 is 5.97 Å². The summed E-state index contributed by atoms with van der Waals surface area (Å²) in [5.41, 5.74) is 3.53. The number of hydrogen-bond donors (Lipinski definition) is 3. The van der Waals surface area contributed by atoms with E-state index >= 15 is 0 Å². The lowest BCUT2D eigenvalue weighted by Gasteiger charge is -2.28. The van der Waals surface area contributed by atoms with Crippen LogP contribution in [0, 0.1) is 0 Å². The van der Waals surface area contributed by atoms with Crippen molar-refractivity contribution < 1.29 is 19.7 Å². The molecule has 5 nitrogen and oxygen atoms in total. The summed E-state index contributed by atoms with van der Waals surface area (Å²) < 4.78 is 4.59. The molecule has 0 spiro atoms. The molecule has 6 heteroatoms. The Morgan fingerprint density at radius 1 is 1.09 bits per heavy atom. The number of carbonyl (C=O) groups excluding carboxylic acids is 1. The smallest absolute Gasteiger partial charge is 0.305 e. The van der Waals surface area contributed by atoms with Gasteiger partial charge in [0.25, 0.3) is 0 Å². The van der Waals surface area contributed by atoms with Gasteiger partial charge in [0.2, 0.25) is 0 Å². The Hall–Kier alpha value is -0.360. The number of ether oxygens (including phenoxy) is 1. The predicted octanol–water partition coefficient (Wildman–Crippen LogP) is 2.70. The monoisotopic (exact) mass is 337 g/mol. The molecule has 4 N–H and O–H groups in total. The molecular weight excluding hydrogens is 306 g/mol. The summed E-state index contributed by atoms with van der Waals surface area (Å²) in [7, 11) is 1.42. The zero-order valence-electron chi connectivity index (χ0n) is 13.7. The normalized spacial score (nSPS) is 15.3. The minimum atomic E-state index is -1.21. The first kappa shape index (κ1) is 21.6. The summed E-state index contributed by atoms with van der Waals surface area (Å²) in [6, 6.07) is 0. The Morgan fingerprint density at radius 2 is 1.55 bits per heavy atom. The highest BCUT2D eigenvalue weighted by molar-refractivity contribution is 6.20. The van der Waals surface area contributed by atoms with E-state index in [4.69, 9.17) is 22.4 Å². The Balaban J connectivity index is 3.35. The second-order valence-electron chi connectivity index (χ2n) is 5.99. The van der Waals surface area contributed by atoms with Crippen molar-refractivity contribution in [3.05, 3.63) is 0 Å². The second-order valence-corrected chi connectivity index (χ2v) is 6.40. The SMILES string of the molecule is COC(=O)CCCCCCCCCCCC(N)(CO)C(O)Cl. The molecule has 0 aromatic carbocycles. The number of unbranched alkanes of at least 4 members (excludes halogenated alkanes) is 8. The van der Waals surface area contributed by atoms with Gasteiger partial charge in [0, 0.05) is 6.42 Å². The number of nitrogens with two attached hydrogens (primary N) is 1. The van der Waals surface area contributed by atoms with Crippen LogP contribution < -0.4 is 5.73 Å². The first-order valence-corrected chi connectivity index (χ1v) is 8.68. The largest absolute Gasteiger partial charge is 0.469 e. The summed E-state index contributed by atoms with van der Waals surface area (Å²) in [5.74, 6) is -0.124. The molecule has 0 aromatic heterocycles. The van der Waals surface area contributed by atoms with Gasteiger partial charge < -0.3 is 20.7 Å². The lowest BCUT2D eigenvalue weighted by Crippen LogP contribution is -2.51. The maximum absolute atomic E-state index is 10.9. The Bertz CT molecular complexity index is 289. The van der Waals surface area contributed by atoms with Gasteiger partial charge in [-0.25, -0.2) is 0 Å². The third kappa shape index (κ3) is 10.4. The lowest BCUT2D eigenvalue weighted by atomic mass is 9.94. The summed E-state index contributed by atoms with van der Waals surface area (Å²) >= 11 is 5.58. The molecule has 2 unspecified atom stereocenters. The predicted molar refractivity (Wildman–Crippen MR) is 88.7 cm³/mol. The molecule has 0 fully saturated rings. The molecule has 0 rings (SSSR count). The van der Waals surface area contributed by atoms with Crippen molar-refractivity contribution in [3.63, 3.8) is 0 Å². The van der Waals surface area contributed by atoms with Crippen LogP contribution in [0.15, 0.2) is 0 Å². The highest BCUT2D eigenvalue weighted by atomic mass is 35.5. The number of halogens is 1. The van der Waals surface area contributed by atoms with Crippen LogP contribution in [0.4, 0.5) is 0 Å². The first-order valence-electron chi connectivity index (χ1n) is 8.25. The van der Waals surface area contributed by atoms with Gasteiger partial charge in [-0.1, -0.05) is 63.0 Å². The van der Waals surface area contributed by atoms with E-state index in [0.29, 0.717) is 12.8 Å². The summed E-state index contributed by atoms with van der Waals surface area (Å²) in [6.07, 6.45) is 10.8. The number of esters is 1. The van der Waals surface area contributed by atoms with Gasteiger partial charge in [-0.2, -0.15) is 0 Å². The van der Waals surface area contributed by atoms with Crippen LogP contribution >= 0.6 is 11.6 Å². The molecule has 0 heterocycles. The van der Waals surface area contributed by atoms with E-state index in [-0.39, 0.29) is 12.6 Å². The quantitative estimate of drug-likeness (QED) is 0.257. The van der Waals surface area contributed by atoms with E-state index in [1.807, 2.05) is 0 Å². The zero-order valence-corrected chi connectivity index (χ0v) is 14.5. The van der Waals surface area contributed by atoms with E-state index in [0.717, 1.165) is 38.5 Å². The maximum atomic E-state index is 10.9. The summed E-state index contributed by atoms with van der Waals surface area (Å²) in [4.78, 5) is 10.9. The lowest BCUT2D eigenvalue weighted by molar-refractivity contribution is -0.140. The van der Waals surface area contributed by atoms with Crippen molar-refractivity contribution in [2.75, 3.05) is 13.7 Å². The molecule has 22 heavy (non-hydrogen) atoms. The Morgan fingerprint density at radius 3 is 1.95 bits per heavy atom. The number of aliphatic hydroxyl groups excluding tert-OH is 2. The van der Waals surface area contributed by atoms with Crippen molar-refractivity contribution in [1.82, 2.24) is 0 Å². The number of rotatable bonds is 14. The summed E-state index contributed by atoms with van der Waals surface area (Å²) in [5, 5.41) is 18.5. The zero-order chi connectivity index (χ0) is 16.8. The maximum Gasteiger partial charge on any atom is 0.305 e. The highest BCUT2D eigenvalue weighted by Crippen LogP contribution is 2.20. The molecule has 0 radical (unpaired) electrons. The first-order chi connectivity index (χ1) is 10.5. The van der Waals surface area contributed by atoms with E-state index in [2.05, 4.69) is 4.74 Å². The third-order valence-corrected chi connectivity index (χ3v) is 4.45. The van der Waals surface area contributed by atoms with Crippen molar-refractivity contribution in [2.24, 2.45) is 5.73 Å². The molecular formula is C16H32ClNO4. The fourth-order valence-corrected chi connectivity index (χ4v) is 2.51. The average Bonchev–Trinajstić information content (AvgIpc) is 2.51. The number of methoxy groups -OCH3 is 1. The minimum Gasteiger partial charge on any atom is -0.469 e. The Kier molecular flexibility index (Phi) is 12.9. The summed E-state index contributed by atoms with van der Waals surface area (Å²) in [6.45, 7) is -0.302. The molecule has 132 valence electrons. The van der Waals surface area contributed by atoms with E-state index in [9.17, 15) is 9.90 Å². The fourth-order valence-electron chi connectivity index (χ4n) is 2.34. The van der Waals surface area contributed by atoms with Crippen molar-refractivity contribution in [1.29, 1.82) is 0 Å². The molecule has 0 bridgehead atoms. The number of aliphatic hydroxyl groups is 2. The van der Waals surface area contributed by atoms with Crippen LogP contribution in [0.25, 0.3) is 0 Å². The second kappa shape index (κ2) is 13.1. The molecule has 0 amide bonds. The Labute approximate surface area is 139 Å². The van der Waals surface area contributed by atoms with Crippen molar-refractivity contribution >= 4 is 17.6 Å². The van der Waals surface area contributed by atoms with Crippen LogP contribution in [0.1, 0.15) is 70.6 Å². The van der Waals surface area contributed by atoms with Gasteiger partial charge in [-0.05, 0) is 12.8 Å². The topological polar surface area (TPSA) is 92.8 Å². The van der Waals surface area contributed by atoms with E-state index in [1.165, 1.54) is 26.4 Å².